The second kappa shape index (κ2) is 10.1. The van der Waals surface area contributed by atoms with E-state index >= 15 is 0 Å². The van der Waals surface area contributed by atoms with Crippen LogP contribution in [0.15, 0.2) is 24.3 Å². The third-order valence-electron chi connectivity index (χ3n) is 5.12. The second-order valence-electron chi connectivity index (χ2n) is 7.53. The second-order valence-corrected chi connectivity index (χ2v) is 9.51. The van der Waals surface area contributed by atoms with Gasteiger partial charge in [-0.25, -0.2) is 12.7 Å². The maximum Gasteiger partial charge on any atom is 0.225 e. The summed E-state index contributed by atoms with van der Waals surface area (Å²) < 4.78 is 25.0. The molecule has 1 aliphatic heterocycles. The molecule has 1 N–H and O–H groups in total. The van der Waals surface area contributed by atoms with Gasteiger partial charge in [-0.05, 0) is 49.4 Å². The monoisotopic (exact) mass is 395 g/mol. The summed E-state index contributed by atoms with van der Waals surface area (Å²) in [5.41, 5.74) is 1.93. The molecule has 0 bridgehead atoms. The molecule has 1 saturated heterocycles. The van der Waals surface area contributed by atoms with E-state index in [1.165, 1.54) is 29.1 Å². The number of hydrogen-bond acceptors (Lipinski definition) is 4. The molecule has 0 spiro atoms. The van der Waals surface area contributed by atoms with E-state index in [-0.39, 0.29) is 18.9 Å². The number of benzene rings is 1. The third-order valence-corrected chi connectivity index (χ3v) is 6.42. The van der Waals surface area contributed by atoms with Crippen LogP contribution >= 0.6 is 0 Å². The molecule has 1 aromatic carbocycles. The van der Waals surface area contributed by atoms with Gasteiger partial charge in [-0.2, -0.15) is 0 Å². The maximum atomic E-state index is 12.2. The number of anilines is 2. The SMILES string of the molecule is CCCCN(CCC(=O)Nc1ccc(N2CCC(C)CC2)cc1)S(C)(=O)=O. The van der Waals surface area contributed by atoms with Crippen LogP contribution in [0.25, 0.3) is 0 Å². The van der Waals surface area contributed by atoms with Crippen molar-refractivity contribution in [2.24, 2.45) is 5.92 Å². The number of carbonyl (C=O) groups is 1. The molecular weight excluding hydrogens is 362 g/mol. The zero-order chi connectivity index (χ0) is 19.9. The van der Waals surface area contributed by atoms with E-state index in [1.54, 1.807) is 0 Å². The van der Waals surface area contributed by atoms with Crippen molar-refractivity contribution >= 4 is 27.3 Å². The van der Waals surface area contributed by atoms with Crippen molar-refractivity contribution in [3.8, 4) is 0 Å². The highest BCUT2D eigenvalue weighted by atomic mass is 32.2. The first-order valence-electron chi connectivity index (χ1n) is 9.89. The smallest absolute Gasteiger partial charge is 0.225 e. The molecule has 0 aliphatic carbocycles. The number of piperidine rings is 1. The number of nitrogens with one attached hydrogen (secondary N) is 1. The topological polar surface area (TPSA) is 69.7 Å². The molecule has 1 fully saturated rings. The fourth-order valence-electron chi connectivity index (χ4n) is 3.25. The van der Waals surface area contributed by atoms with Gasteiger partial charge in [0, 0.05) is 44.0 Å². The van der Waals surface area contributed by atoms with Gasteiger partial charge in [-0.1, -0.05) is 20.3 Å². The van der Waals surface area contributed by atoms with Crippen molar-refractivity contribution < 1.29 is 13.2 Å². The summed E-state index contributed by atoms with van der Waals surface area (Å²) in [6, 6.07) is 7.90. The molecule has 27 heavy (non-hydrogen) atoms. The average Bonchev–Trinajstić information content (AvgIpc) is 2.62. The number of carbonyl (C=O) groups excluding carboxylic acids is 1. The van der Waals surface area contributed by atoms with Gasteiger partial charge in [-0.3, -0.25) is 4.79 Å². The molecule has 1 aromatic rings. The minimum Gasteiger partial charge on any atom is -0.372 e. The molecule has 6 nitrogen and oxygen atoms in total. The van der Waals surface area contributed by atoms with Crippen LogP contribution in [0.2, 0.25) is 0 Å². The van der Waals surface area contributed by atoms with Crippen molar-refractivity contribution in [2.75, 3.05) is 42.7 Å². The predicted molar refractivity (Wildman–Crippen MR) is 112 cm³/mol. The molecule has 0 aromatic heterocycles. The van der Waals surface area contributed by atoms with Gasteiger partial charge in [0.25, 0.3) is 0 Å². The van der Waals surface area contributed by atoms with Gasteiger partial charge in [0.15, 0.2) is 0 Å². The van der Waals surface area contributed by atoms with Gasteiger partial charge in [-0.15, -0.1) is 0 Å². The van der Waals surface area contributed by atoms with E-state index in [9.17, 15) is 13.2 Å². The van der Waals surface area contributed by atoms with Crippen LogP contribution < -0.4 is 10.2 Å². The van der Waals surface area contributed by atoms with Crippen LogP contribution in [0.4, 0.5) is 11.4 Å². The lowest BCUT2D eigenvalue weighted by molar-refractivity contribution is -0.116. The first kappa shape index (κ1) is 21.7. The van der Waals surface area contributed by atoms with Gasteiger partial charge < -0.3 is 10.2 Å². The van der Waals surface area contributed by atoms with E-state index in [1.807, 2.05) is 31.2 Å². The molecule has 0 unspecified atom stereocenters. The molecule has 2 rings (SSSR count). The molecule has 1 heterocycles. The Morgan fingerprint density at radius 2 is 1.81 bits per heavy atom. The Kier molecular flexibility index (Phi) is 8.10. The number of rotatable bonds is 9. The number of amides is 1. The summed E-state index contributed by atoms with van der Waals surface area (Å²) in [6.07, 6.45) is 5.50. The minimum atomic E-state index is -3.28. The number of unbranched alkanes of at least 4 members (excludes halogenated alkanes) is 1. The Balaban J connectivity index is 1.84. The van der Waals surface area contributed by atoms with Crippen LogP contribution in [0, 0.1) is 5.92 Å². The molecule has 0 radical (unpaired) electrons. The predicted octanol–water partition coefficient (Wildman–Crippen LogP) is 3.31. The Morgan fingerprint density at radius 3 is 2.37 bits per heavy atom. The van der Waals surface area contributed by atoms with E-state index in [2.05, 4.69) is 17.1 Å². The van der Waals surface area contributed by atoms with Gasteiger partial charge in [0.2, 0.25) is 15.9 Å². The molecule has 1 amide bonds. The highest BCUT2D eigenvalue weighted by Crippen LogP contribution is 2.24. The Morgan fingerprint density at radius 1 is 1.19 bits per heavy atom. The van der Waals surface area contributed by atoms with Crippen molar-refractivity contribution in [3.05, 3.63) is 24.3 Å². The van der Waals surface area contributed by atoms with Gasteiger partial charge in [0.05, 0.1) is 6.26 Å². The van der Waals surface area contributed by atoms with Crippen LogP contribution in [0.5, 0.6) is 0 Å². The van der Waals surface area contributed by atoms with E-state index in [4.69, 9.17) is 0 Å². The number of nitrogens with zero attached hydrogens (tertiary/aromatic N) is 2. The highest BCUT2D eigenvalue weighted by molar-refractivity contribution is 7.88. The highest BCUT2D eigenvalue weighted by Gasteiger charge is 2.18. The first-order valence-corrected chi connectivity index (χ1v) is 11.7. The quantitative estimate of drug-likeness (QED) is 0.696. The summed E-state index contributed by atoms with van der Waals surface area (Å²) in [6.45, 7) is 7.14. The molecule has 0 atom stereocenters. The summed E-state index contributed by atoms with van der Waals surface area (Å²) in [7, 11) is -3.28. The van der Waals surface area contributed by atoms with Crippen LogP contribution in [-0.2, 0) is 14.8 Å². The molecule has 0 saturated carbocycles. The standard InChI is InChI=1S/C20H33N3O3S/c1-4-5-13-23(27(3,25)26)16-12-20(24)21-18-6-8-19(9-7-18)22-14-10-17(2)11-15-22/h6-9,17H,4-5,10-16H2,1-3H3,(H,21,24). The molecule has 152 valence electrons. The fourth-order valence-corrected chi connectivity index (χ4v) is 4.13. The zero-order valence-electron chi connectivity index (χ0n) is 16.8. The normalized spacial score (nSPS) is 15.9. The molecule has 1 aliphatic rings. The summed E-state index contributed by atoms with van der Waals surface area (Å²) in [4.78, 5) is 14.6. The summed E-state index contributed by atoms with van der Waals surface area (Å²) in [5.74, 6) is 0.628. The van der Waals surface area contributed by atoms with E-state index in [0.29, 0.717) is 6.54 Å². The minimum absolute atomic E-state index is 0.155. The summed E-state index contributed by atoms with van der Waals surface area (Å²) >= 11 is 0. The summed E-state index contributed by atoms with van der Waals surface area (Å²) in [5, 5.41) is 2.86. The average molecular weight is 396 g/mol. The van der Waals surface area contributed by atoms with Crippen molar-refractivity contribution in [1.29, 1.82) is 0 Å². The lowest BCUT2D eigenvalue weighted by atomic mass is 9.99. The van der Waals surface area contributed by atoms with Crippen molar-refractivity contribution in [1.82, 2.24) is 4.31 Å². The Bertz CT molecular complexity index is 696. The first-order chi connectivity index (χ1) is 12.8. The van der Waals surface area contributed by atoms with E-state index < -0.39 is 10.0 Å². The third kappa shape index (κ3) is 7.14. The van der Waals surface area contributed by atoms with Crippen molar-refractivity contribution in [2.45, 2.75) is 46.0 Å². The Labute approximate surface area is 164 Å². The lowest BCUT2D eigenvalue weighted by Crippen LogP contribution is -2.33. The fraction of sp³-hybridized carbons (Fsp3) is 0.650. The van der Waals surface area contributed by atoms with Crippen LogP contribution in [0.3, 0.4) is 0 Å². The number of hydrogen-bond donors (Lipinski definition) is 1. The lowest BCUT2D eigenvalue weighted by Gasteiger charge is -2.32. The van der Waals surface area contributed by atoms with Crippen LogP contribution in [0.1, 0.15) is 46.0 Å². The van der Waals surface area contributed by atoms with Gasteiger partial charge >= 0.3 is 0 Å². The van der Waals surface area contributed by atoms with E-state index in [0.717, 1.165) is 37.5 Å². The van der Waals surface area contributed by atoms with Gasteiger partial charge in [0.1, 0.15) is 0 Å². The molecule has 7 heteroatoms. The van der Waals surface area contributed by atoms with Crippen molar-refractivity contribution in [3.63, 3.8) is 0 Å². The Hall–Kier alpha value is -1.60. The number of sulfonamides is 1. The largest absolute Gasteiger partial charge is 0.372 e. The van der Waals surface area contributed by atoms with Crippen LogP contribution in [-0.4, -0.2) is 51.1 Å². The maximum absolute atomic E-state index is 12.2. The zero-order valence-corrected chi connectivity index (χ0v) is 17.6. The molecular formula is C20H33N3O3S.